The molecule has 0 fully saturated rings. The molecule has 24 heavy (non-hydrogen) atoms. The number of thiophene rings is 1. The van der Waals surface area contributed by atoms with E-state index in [0.717, 1.165) is 22.2 Å². The lowest BCUT2D eigenvalue weighted by atomic mass is 10.1. The number of aromatic carboxylic acids is 1. The Morgan fingerprint density at radius 1 is 1.21 bits per heavy atom. The molecule has 3 aromatic rings. The number of fused-ring (bicyclic) bond motifs is 1. The average molecular weight is 344 g/mol. The molecule has 0 aliphatic carbocycles. The third kappa shape index (κ3) is 2.46. The van der Waals surface area contributed by atoms with E-state index in [2.05, 4.69) is 4.98 Å². The highest BCUT2D eigenvalue weighted by Crippen LogP contribution is 2.27. The maximum atomic E-state index is 12.8. The van der Waals surface area contributed by atoms with Crippen LogP contribution in [0.4, 0.5) is 0 Å². The molecule has 2 aromatic heterocycles. The van der Waals surface area contributed by atoms with Gasteiger partial charge in [0.15, 0.2) is 6.04 Å². The van der Waals surface area contributed by atoms with Gasteiger partial charge in [-0.15, -0.1) is 11.3 Å². The molecule has 122 valence electrons. The fourth-order valence-corrected chi connectivity index (χ4v) is 3.56. The molecule has 0 saturated carbocycles. The summed E-state index contributed by atoms with van der Waals surface area (Å²) in [6.07, 6.45) is 1.15. The third-order valence-electron chi connectivity index (χ3n) is 3.70. The molecule has 0 amide bonds. The first-order valence-corrected chi connectivity index (χ1v) is 7.74. The second-order valence-corrected chi connectivity index (χ2v) is 6.15. The van der Waals surface area contributed by atoms with Crippen molar-refractivity contribution in [1.29, 1.82) is 0 Å². The number of aliphatic carboxylic acids is 1. The van der Waals surface area contributed by atoms with Crippen molar-refractivity contribution in [1.82, 2.24) is 9.55 Å². The summed E-state index contributed by atoms with van der Waals surface area (Å²) in [6, 6.07) is 7.09. The van der Waals surface area contributed by atoms with Crippen molar-refractivity contribution in [2.45, 2.75) is 13.0 Å². The number of hydrogen-bond acceptors (Lipinski definition) is 5. The van der Waals surface area contributed by atoms with Gasteiger partial charge in [0, 0.05) is 0 Å². The van der Waals surface area contributed by atoms with Gasteiger partial charge in [0.1, 0.15) is 16.0 Å². The van der Waals surface area contributed by atoms with Gasteiger partial charge in [0.2, 0.25) is 0 Å². The van der Waals surface area contributed by atoms with Gasteiger partial charge in [-0.25, -0.2) is 14.6 Å². The van der Waals surface area contributed by atoms with Crippen molar-refractivity contribution in [2.24, 2.45) is 0 Å². The molecule has 1 unspecified atom stereocenters. The Labute approximate surface area is 139 Å². The molecule has 1 aromatic carbocycles. The van der Waals surface area contributed by atoms with Crippen LogP contribution in [0.2, 0.25) is 0 Å². The van der Waals surface area contributed by atoms with Crippen LogP contribution < -0.4 is 5.56 Å². The zero-order chi connectivity index (χ0) is 17.4. The van der Waals surface area contributed by atoms with Crippen molar-refractivity contribution in [3.63, 3.8) is 0 Å². The summed E-state index contributed by atoms with van der Waals surface area (Å²) in [6.45, 7) is 1.52. The molecule has 0 spiro atoms. The van der Waals surface area contributed by atoms with Gasteiger partial charge in [-0.3, -0.25) is 9.36 Å². The summed E-state index contributed by atoms with van der Waals surface area (Å²) < 4.78 is 1.02. The highest BCUT2D eigenvalue weighted by atomic mass is 32.1. The lowest BCUT2D eigenvalue weighted by Crippen LogP contribution is -2.30. The predicted molar refractivity (Wildman–Crippen MR) is 87.8 cm³/mol. The summed E-state index contributed by atoms with van der Waals surface area (Å²) in [5, 5.41) is 18.9. The van der Waals surface area contributed by atoms with Crippen LogP contribution in [-0.2, 0) is 4.79 Å². The Morgan fingerprint density at radius 3 is 2.46 bits per heavy atom. The Hall–Kier alpha value is -3.00. The van der Waals surface area contributed by atoms with Crippen LogP contribution in [0.3, 0.4) is 0 Å². The van der Waals surface area contributed by atoms with Crippen LogP contribution >= 0.6 is 11.3 Å². The second-order valence-electron chi connectivity index (χ2n) is 5.15. The number of carboxylic acid groups (broad SMARTS) is 2. The van der Waals surface area contributed by atoms with Crippen molar-refractivity contribution in [2.75, 3.05) is 0 Å². The molecule has 7 nitrogen and oxygen atoms in total. The Bertz CT molecular complexity index is 1010. The van der Waals surface area contributed by atoms with Crippen LogP contribution in [0.25, 0.3) is 10.2 Å². The van der Waals surface area contributed by atoms with Gasteiger partial charge in [-0.1, -0.05) is 30.3 Å². The molecule has 0 aliphatic heterocycles. The topological polar surface area (TPSA) is 109 Å². The first-order valence-electron chi connectivity index (χ1n) is 6.93. The second kappa shape index (κ2) is 5.89. The quantitative estimate of drug-likeness (QED) is 0.750. The number of aromatic nitrogens is 2. The number of benzene rings is 1. The van der Waals surface area contributed by atoms with Crippen LogP contribution in [0.5, 0.6) is 0 Å². The van der Waals surface area contributed by atoms with E-state index in [1.807, 2.05) is 0 Å². The minimum absolute atomic E-state index is 0.0268. The first-order chi connectivity index (χ1) is 11.4. The monoisotopic (exact) mass is 344 g/mol. The van der Waals surface area contributed by atoms with Gasteiger partial charge in [-0.2, -0.15) is 0 Å². The largest absolute Gasteiger partial charge is 0.479 e. The number of rotatable bonds is 4. The minimum Gasteiger partial charge on any atom is -0.479 e. The van der Waals surface area contributed by atoms with E-state index < -0.39 is 23.5 Å². The molecule has 8 heteroatoms. The van der Waals surface area contributed by atoms with Crippen LogP contribution in [0.15, 0.2) is 41.5 Å². The van der Waals surface area contributed by atoms with E-state index in [4.69, 9.17) is 0 Å². The average Bonchev–Trinajstić information content (AvgIpc) is 2.88. The fraction of sp³-hybridized carbons (Fsp3) is 0.125. The van der Waals surface area contributed by atoms with Crippen molar-refractivity contribution < 1.29 is 19.8 Å². The summed E-state index contributed by atoms with van der Waals surface area (Å²) in [5.41, 5.74) is 0.156. The molecule has 0 saturated heterocycles. The van der Waals surface area contributed by atoms with E-state index in [-0.39, 0.29) is 15.1 Å². The number of carboxylic acids is 2. The van der Waals surface area contributed by atoms with Crippen molar-refractivity contribution >= 4 is 33.5 Å². The minimum atomic E-state index is -1.23. The van der Waals surface area contributed by atoms with Crippen LogP contribution in [0, 0.1) is 6.92 Å². The smallest absolute Gasteiger partial charge is 0.346 e. The molecular weight excluding hydrogens is 332 g/mol. The standard InChI is InChI=1S/C16H12N2O5S/c1-8-10-13(24-12(8)16(22)23)17-7-18(14(10)19)11(15(20)21)9-5-3-2-4-6-9/h2-7,11H,1H3,(H,20,21)(H,22,23). The maximum absolute atomic E-state index is 12.8. The predicted octanol–water partition coefficient (Wildman–Crippen LogP) is 2.14. The number of hydrogen-bond donors (Lipinski definition) is 2. The van der Waals surface area contributed by atoms with E-state index in [9.17, 15) is 24.6 Å². The molecule has 3 rings (SSSR count). The Balaban J connectivity index is 2.28. The summed E-state index contributed by atoms with van der Waals surface area (Å²) in [4.78, 5) is 40.1. The highest BCUT2D eigenvalue weighted by molar-refractivity contribution is 7.20. The van der Waals surface area contributed by atoms with Gasteiger partial charge in [0.25, 0.3) is 5.56 Å². The molecule has 0 radical (unpaired) electrons. The van der Waals surface area contributed by atoms with Crippen molar-refractivity contribution in [3.8, 4) is 0 Å². The van der Waals surface area contributed by atoms with Crippen LogP contribution in [-0.4, -0.2) is 31.7 Å². The SMILES string of the molecule is Cc1c(C(=O)O)sc2ncn(C(C(=O)O)c3ccccc3)c(=O)c12. The third-order valence-corrected chi connectivity index (χ3v) is 4.89. The zero-order valence-electron chi connectivity index (χ0n) is 12.5. The van der Waals surface area contributed by atoms with Gasteiger partial charge in [0.05, 0.1) is 5.39 Å². The zero-order valence-corrected chi connectivity index (χ0v) is 13.3. The van der Waals surface area contributed by atoms with E-state index in [0.29, 0.717) is 11.1 Å². The van der Waals surface area contributed by atoms with Gasteiger partial charge < -0.3 is 10.2 Å². The van der Waals surface area contributed by atoms with E-state index in [1.165, 1.54) is 6.92 Å². The molecule has 2 heterocycles. The highest BCUT2D eigenvalue weighted by Gasteiger charge is 2.26. The molecular formula is C16H12N2O5S. The Kier molecular flexibility index (Phi) is 3.90. The van der Waals surface area contributed by atoms with Gasteiger partial charge in [-0.05, 0) is 18.1 Å². The Morgan fingerprint density at radius 2 is 1.88 bits per heavy atom. The van der Waals surface area contributed by atoms with Crippen LogP contribution in [0.1, 0.15) is 26.8 Å². The number of nitrogens with zero attached hydrogens (tertiary/aromatic N) is 2. The molecule has 0 bridgehead atoms. The summed E-state index contributed by atoms with van der Waals surface area (Å²) in [7, 11) is 0. The van der Waals surface area contributed by atoms with E-state index in [1.54, 1.807) is 30.3 Å². The normalized spacial score (nSPS) is 12.2. The molecule has 2 N–H and O–H groups in total. The molecule has 0 aliphatic rings. The number of carbonyl (C=O) groups is 2. The lowest BCUT2D eigenvalue weighted by molar-refractivity contribution is -0.139. The number of aryl methyl sites for hydroxylation is 1. The van der Waals surface area contributed by atoms with Gasteiger partial charge >= 0.3 is 11.9 Å². The molecule has 1 atom stereocenters. The lowest BCUT2D eigenvalue weighted by Gasteiger charge is -2.15. The van der Waals surface area contributed by atoms with Crippen molar-refractivity contribution in [3.05, 3.63) is 63.0 Å². The summed E-state index contributed by atoms with van der Waals surface area (Å²) in [5.74, 6) is -2.34. The first kappa shape index (κ1) is 15.9. The summed E-state index contributed by atoms with van der Waals surface area (Å²) >= 11 is 0.899. The maximum Gasteiger partial charge on any atom is 0.346 e. The fourth-order valence-electron chi connectivity index (χ4n) is 2.58. The van der Waals surface area contributed by atoms with E-state index >= 15 is 0 Å².